The van der Waals surface area contributed by atoms with Gasteiger partial charge in [-0.3, -0.25) is 4.79 Å². The summed E-state index contributed by atoms with van der Waals surface area (Å²) in [5, 5.41) is 11.8. The minimum absolute atomic E-state index is 0.138. The van der Waals surface area contributed by atoms with Gasteiger partial charge in [-0.1, -0.05) is 13.3 Å². The van der Waals surface area contributed by atoms with Crippen molar-refractivity contribution in [2.24, 2.45) is 5.92 Å². The van der Waals surface area contributed by atoms with Crippen LogP contribution in [0.25, 0.3) is 0 Å². The van der Waals surface area contributed by atoms with Crippen LogP contribution in [-0.2, 0) is 0 Å². The lowest BCUT2D eigenvalue weighted by Gasteiger charge is -2.15. The van der Waals surface area contributed by atoms with E-state index >= 15 is 0 Å². The van der Waals surface area contributed by atoms with Gasteiger partial charge in [0, 0.05) is 24.9 Å². The van der Waals surface area contributed by atoms with E-state index in [0.717, 1.165) is 6.42 Å². The Morgan fingerprint density at radius 1 is 1.53 bits per heavy atom. The van der Waals surface area contributed by atoms with Crippen LogP contribution in [0.5, 0.6) is 5.75 Å². The first-order chi connectivity index (χ1) is 9.12. The SMILES string of the molecule is CCC(CCO)CNC(=O)c1ccc(N)cc1OC. The molecule has 5 nitrogen and oxygen atoms in total. The van der Waals surface area contributed by atoms with Gasteiger partial charge < -0.3 is 20.9 Å². The standard InChI is InChI=1S/C14H22N2O3/c1-3-10(6-7-17)9-16-14(18)12-5-4-11(15)8-13(12)19-2/h4-5,8,10,17H,3,6-7,9,15H2,1-2H3,(H,16,18). The third-order valence-electron chi connectivity index (χ3n) is 3.14. The Bertz CT molecular complexity index is 421. The van der Waals surface area contributed by atoms with Gasteiger partial charge >= 0.3 is 0 Å². The zero-order valence-corrected chi connectivity index (χ0v) is 11.5. The van der Waals surface area contributed by atoms with Gasteiger partial charge in [0.05, 0.1) is 12.7 Å². The number of nitrogens with two attached hydrogens (primary N) is 1. The topological polar surface area (TPSA) is 84.6 Å². The van der Waals surface area contributed by atoms with E-state index in [0.29, 0.717) is 30.0 Å². The zero-order valence-electron chi connectivity index (χ0n) is 11.5. The number of ether oxygens (including phenoxy) is 1. The second-order valence-corrected chi connectivity index (χ2v) is 4.46. The Labute approximate surface area is 113 Å². The van der Waals surface area contributed by atoms with Gasteiger partial charge in [0.25, 0.3) is 5.91 Å². The highest BCUT2D eigenvalue weighted by Crippen LogP contribution is 2.21. The molecule has 1 unspecified atom stereocenters. The lowest BCUT2D eigenvalue weighted by molar-refractivity contribution is 0.0940. The van der Waals surface area contributed by atoms with Gasteiger partial charge in [0.15, 0.2) is 0 Å². The second-order valence-electron chi connectivity index (χ2n) is 4.46. The number of rotatable bonds is 7. The summed E-state index contributed by atoms with van der Waals surface area (Å²) in [6, 6.07) is 4.94. The predicted molar refractivity (Wildman–Crippen MR) is 75.2 cm³/mol. The fraction of sp³-hybridized carbons (Fsp3) is 0.500. The van der Waals surface area contributed by atoms with E-state index in [1.54, 1.807) is 18.2 Å². The van der Waals surface area contributed by atoms with Gasteiger partial charge in [-0.15, -0.1) is 0 Å². The Morgan fingerprint density at radius 2 is 2.26 bits per heavy atom. The van der Waals surface area contributed by atoms with Crippen LogP contribution in [0.2, 0.25) is 0 Å². The normalized spacial score (nSPS) is 11.9. The first-order valence-corrected chi connectivity index (χ1v) is 6.44. The molecule has 0 heterocycles. The zero-order chi connectivity index (χ0) is 14.3. The van der Waals surface area contributed by atoms with E-state index in [2.05, 4.69) is 5.32 Å². The van der Waals surface area contributed by atoms with Crippen molar-refractivity contribution in [3.8, 4) is 5.75 Å². The molecule has 0 bridgehead atoms. The summed E-state index contributed by atoms with van der Waals surface area (Å²) >= 11 is 0. The summed E-state index contributed by atoms with van der Waals surface area (Å²) in [6.45, 7) is 2.72. The molecule has 0 saturated heterocycles. The van der Waals surface area contributed by atoms with Gasteiger partial charge in [0.1, 0.15) is 5.75 Å². The number of aliphatic hydroxyl groups excluding tert-OH is 1. The molecule has 0 aliphatic heterocycles. The number of hydrogen-bond acceptors (Lipinski definition) is 4. The average molecular weight is 266 g/mol. The largest absolute Gasteiger partial charge is 0.496 e. The molecule has 5 heteroatoms. The van der Waals surface area contributed by atoms with Crippen LogP contribution in [0, 0.1) is 5.92 Å². The molecule has 0 saturated carbocycles. The molecule has 0 spiro atoms. The highest BCUT2D eigenvalue weighted by atomic mass is 16.5. The monoisotopic (exact) mass is 266 g/mol. The van der Waals surface area contributed by atoms with Gasteiger partial charge in [-0.05, 0) is 24.5 Å². The highest BCUT2D eigenvalue weighted by molar-refractivity contribution is 5.97. The van der Waals surface area contributed by atoms with Crippen LogP contribution in [0.15, 0.2) is 18.2 Å². The fourth-order valence-electron chi connectivity index (χ4n) is 1.86. The minimum atomic E-state index is -0.187. The number of nitrogens with one attached hydrogen (secondary N) is 1. The molecule has 1 atom stereocenters. The third-order valence-corrected chi connectivity index (χ3v) is 3.14. The molecular formula is C14H22N2O3. The Kier molecular flexibility index (Phi) is 6.15. The number of hydrogen-bond donors (Lipinski definition) is 3. The maximum absolute atomic E-state index is 12.1. The molecule has 0 radical (unpaired) electrons. The van der Waals surface area contributed by atoms with Crippen molar-refractivity contribution in [1.29, 1.82) is 0 Å². The van der Waals surface area contributed by atoms with E-state index in [1.807, 2.05) is 6.92 Å². The first-order valence-electron chi connectivity index (χ1n) is 6.44. The molecule has 0 aliphatic rings. The van der Waals surface area contributed by atoms with Crippen molar-refractivity contribution < 1.29 is 14.6 Å². The maximum atomic E-state index is 12.1. The van der Waals surface area contributed by atoms with E-state index in [9.17, 15) is 4.79 Å². The van der Waals surface area contributed by atoms with Crippen LogP contribution >= 0.6 is 0 Å². The second kappa shape index (κ2) is 7.63. The van der Waals surface area contributed by atoms with Gasteiger partial charge in [-0.25, -0.2) is 0 Å². The maximum Gasteiger partial charge on any atom is 0.255 e. The number of amides is 1. The van der Waals surface area contributed by atoms with Crippen LogP contribution in [0.3, 0.4) is 0 Å². The molecule has 106 valence electrons. The molecule has 4 N–H and O–H groups in total. The number of methoxy groups -OCH3 is 1. The summed E-state index contributed by atoms with van der Waals surface area (Å²) in [5.74, 6) is 0.565. The van der Waals surface area contributed by atoms with Gasteiger partial charge in [-0.2, -0.15) is 0 Å². The van der Waals surface area contributed by atoms with Crippen LogP contribution in [0.4, 0.5) is 5.69 Å². The average Bonchev–Trinajstić information content (AvgIpc) is 2.42. The molecule has 1 aromatic rings. The lowest BCUT2D eigenvalue weighted by atomic mass is 10.0. The number of carbonyl (C=O) groups excluding carboxylic acids is 1. The molecule has 19 heavy (non-hydrogen) atoms. The van der Waals surface area contributed by atoms with Crippen molar-refractivity contribution in [3.63, 3.8) is 0 Å². The Hall–Kier alpha value is -1.75. The van der Waals surface area contributed by atoms with Crippen molar-refractivity contribution in [2.75, 3.05) is 26.0 Å². The van der Waals surface area contributed by atoms with E-state index in [1.165, 1.54) is 7.11 Å². The van der Waals surface area contributed by atoms with Gasteiger partial charge in [0.2, 0.25) is 0 Å². The van der Waals surface area contributed by atoms with Crippen molar-refractivity contribution in [2.45, 2.75) is 19.8 Å². The Balaban J connectivity index is 2.67. The number of anilines is 1. The Morgan fingerprint density at radius 3 is 2.84 bits per heavy atom. The van der Waals surface area contributed by atoms with Crippen LogP contribution in [-0.4, -0.2) is 31.3 Å². The molecule has 1 rings (SSSR count). The summed E-state index contributed by atoms with van der Waals surface area (Å²) in [4.78, 5) is 12.1. The minimum Gasteiger partial charge on any atom is -0.496 e. The lowest BCUT2D eigenvalue weighted by Crippen LogP contribution is -2.29. The molecular weight excluding hydrogens is 244 g/mol. The number of nitrogen functional groups attached to an aromatic ring is 1. The number of carbonyl (C=O) groups is 1. The predicted octanol–water partition coefficient (Wildman–Crippen LogP) is 1.42. The summed E-state index contributed by atoms with van der Waals surface area (Å²) in [6.07, 6.45) is 1.61. The van der Waals surface area contributed by atoms with Crippen molar-refractivity contribution in [1.82, 2.24) is 5.32 Å². The summed E-state index contributed by atoms with van der Waals surface area (Å²) < 4.78 is 5.15. The van der Waals surface area contributed by atoms with E-state index in [4.69, 9.17) is 15.6 Å². The molecule has 0 aromatic heterocycles. The molecule has 1 amide bonds. The molecule has 0 fully saturated rings. The quantitative estimate of drug-likeness (QED) is 0.652. The first kappa shape index (κ1) is 15.3. The summed E-state index contributed by atoms with van der Waals surface area (Å²) in [7, 11) is 1.51. The highest BCUT2D eigenvalue weighted by Gasteiger charge is 2.14. The van der Waals surface area contributed by atoms with Crippen molar-refractivity contribution >= 4 is 11.6 Å². The molecule has 1 aromatic carbocycles. The van der Waals surface area contributed by atoms with Crippen molar-refractivity contribution in [3.05, 3.63) is 23.8 Å². The summed E-state index contributed by atoms with van der Waals surface area (Å²) in [5.41, 5.74) is 6.67. The number of benzene rings is 1. The van der Waals surface area contributed by atoms with Crippen LogP contribution < -0.4 is 15.8 Å². The van der Waals surface area contributed by atoms with E-state index in [-0.39, 0.29) is 18.4 Å². The van der Waals surface area contributed by atoms with E-state index < -0.39 is 0 Å². The molecule has 0 aliphatic carbocycles. The number of aliphatic hydroxyl groups is 1. The smallest absolute Gasteiger partial charge is 0.255 e. The van der Waals surface area contributed by atoms with Crippen LogP contribution in [0.1, 0.15) is 30.1 Å². The third kappa shape index (κ3) is 4.44. The fourth-order valence-corrected chi connectivity index (χ4v) is 1.86.